The van der Waals surface area contributed by atoms with Gasteiger partial charge >= 0.3 is 0 Å². The number of rotatable bonds is 5. The van der Waals surface area contributed by atoms with Crippen molar-refractivity contribution in [3.8, 4) is 5.75 Å². The van der Waals surface area contributed by atoms with Crippen molar-refractivity contribution in [3.05, 3.63) is 87.9 Å². The van der Waals surface area contributed by atoms with E-state index in [1.807, 2.05) is 12.1 Å². The molecule has 0 spiro atoms. The van der Waals surface area contributed by atoms with E-state index >= 15 is 0 Å². The molecule has 1 saturated heterocycles. The highest BCUT2D eigenvalue weighted by Crippen LogP contribution is 2.46. The van der Waals surface area contributed by atoms with Crippen LogP contribution in [0.4, 0.5) is 11.4 Å². The summed E-state index contributed by atoms with van der Waals surface area (Å²) in [5.74, 6) is 0.882. The van der Waals surface area contributed by atoms with Crippen LogP contribution in [-0.2, 0) is 18.5 Å². The summed E-state index contributed by atoms with van der Waals surface area (Å²) in [6, 6.07) is 21.5. The molecule has 0 saturated carbocycles. The van der Waals surface area contributed by atoms with Crippen LogP contribution < -0.4 is 10.1 Å². The molecular formula is C28H32ClN3O. The Bertz CT molecular complexity index is 1130. The van der Waals surface area contributed by atoms with E-state index in [4.69, 9.17) is 16.3 Å². The minimum Gasteiger partial charge on any atom is -0.497 e. The summed E-state index contributed by atoms with van der Waals surface area (Å²) in [6.07, 6.45) is 0. The van der Waals surface area contributed by atoms with Gasteiger partial charge in [0, 0.05) is 67.1 Å². The van der Waals surface area contributed by atoms with E-state index in [2.05, 4.69) is 77.5 Å². The smallest absolute Gasteiger partial charge is 0.120 e. The first kappa shape index (κ1) is 22.3. The van der Waals surface area contributed by atoms with Crippen LogP contribution in [0.15, 0.2) is 60.7 Å². The molecule has 3 aromatic rings. The maximum Gasteiger partial charge on any atom is 0.120 e. The highest BCUT2D eigenvalue weighted by atomic mass is 35.5. The second kappa shape index (κ2) is 9.02. The number of fused-ring (bicyclic) bond motifs is 2. The number of hydrogen-bond acceptors (Lipinski definition) is 4. The van der Waals surface area contributed by atoms with Crippen molar-refractivity contribution in [2.24, 2.45) is 0 Å². The Balaban J connectivity index is 1.25. The fourth-order valence-electron chi connectivity index (χ4n) is 5.12. The summed E-state index contributed by atoms with van der Waals surface area (Å²) in [5.41, 5.74) is 7.65. The molecule has 2 heterocycles. The molecule has 172 valence electrons. The van der Waals surface area contributed by atoms with E-state index < -0.39 is 0 Å². The molecule has 2 aliphatic heterocycles. The average molecular weight is 462 g/mol. The lowest BCUT2D eigenvalue weighted by Crippen LogP contribution is -2.45. The minimum atomic E-state index is -0.0600. The molecule has 0 amide bonds. The SMILES string of the molecule is COc1ccc2c(c1)Nc1ccc(CN3CCN(Cc4ccc(Cl)cc4)CC3)cc1C2(C)C. The van der Waals surface area contributed by atoms with Gasteiger partial charge in [0.1, 0.15) is 5.75 Å². The Morgan fingerprint density at radius 1 is 0.788 bits per heavy atom. The molecule has 1 N–H and O–H groups in total. The van der Waals surface area contributed by atoms with Gasteiger partial charge in [-0.15, -0.1) is 0 Å². The van der Waals surface area contributed by atoms with Crippen LogP contribution in [0, 0.1) is 0 Å². The monoisotopic (exact) mass is 461 g/mol. The van der Waals surface area contributed by atoms with E-state index in [0.717, 1.165) is 55.7 Å². The number of benzene rings is 3. The highest BCUT2D eigenvalue weighted by molar-refractivity contribution is 6.30. The fourth-order valence-corrected chi connectivity index (χ4v) is 5.24. The zero-order valence-electron chi connectivity index (χ0n) is 19.7. The van der Waals surface area contributed by atoms with Crippen LogP contribution in [0.3, 0.4) is 0 Å². The summed E-state index contributed by atoms with van der Waals surface area (Å²) in [6.45, 7) is 11.0. The van der Waals surface area contributed by atoms with Gasteiger partial charge in [0.15, 0.2) is 0 Å². The summed E-state index contributed by atoms with van der Waals surface area (Å²) >= 11 is 6.02. The maximum absolute atomic E-state index is 6.02. The molecule has 33 heavy (non-hydrogen) atoms. The molecule has 1 fully saturated rings. The van der Waals surface area contributed by atoms with Crippen molar-refractivity contribution < 1.29 is 4.74 Å². The molecule has 0 radical (unpaired) electrons. The van der Waals surface area contributed by atoms with Gasteiger partial charge in [0.25, 0.3) is 0 Å². The molecule has 0 aromatic heterocycles. The lowest BCUT2D eigenvalue weighted by molar-refractivity contribution is 0.122. The van der Waals surface area contributed by atoms with Crippen molar-refractivity contribution >= 4 is 23.0 Å². The number of nitrogens with one attached hydrogen (secondary N) is 1. The molecule has 4 nitrogen and oxygen atoms in total. The van der Waals surface area contributed by atoms with Gasteiger partial charge in [0.05, 0.1) is 7.11 Å². The standard InChI is InChI=1S/C28H32ClN3O/c1-28(2)24-10-9-23(33-3)17-27(24)30-26-11-6-21(16-25(26)28)19-32-14-12-31(13-15-32)18-20-4-7-22(29)8-5-20/h4-11,16-17,30H,12-15,18-19H2,1-3H3. The van der Waals surface area contributed by atoms with Gasteiger partial charge in [-0.25, -0.2) is 0 Å². The van der Waals surface area contributed by atoms with Gasteiger partial charge < -0.3 is 10.1 Å². The van der Waals surface area contributed by atoms with Gasteiger partial charge in [-0.1, -0.05) is 55.8 Å². The van der Waals surface area contributed by atoms with Crippen molar-refractivity contribution in [1.29, 1.82) is 0 Å². The van der Waals surface area contributed by atoms with Gasteiger partial charge in [0.2, 0.25) is 0 Å². The number of halogens is 1. The van der Waals surface area contributed by atoms with E-state index in [0.29, 0.717) is 0 Å². The number of anilines is 2. The number of ether oxygens (including phenoxy) is 1. The van der Waals surface area contributed by atoms with Crippen LogP contribution in [-0.4, -0.2) is 43.1 Å². The number of methoxy groups -OCH3 is 1. The molecule has 0 unspecified atom stereocenters. The largest absolute Gasteiger partial charge is 0.497 e. The predicted octanol–water partition coefficient (Wildman–Crippen LogP) is 6.05. The average Bonchev–Trinajstić information content (AvgIpc) is 2.82. The third kappa shape index (κ3) is 4.61. The predicted molar refractivity (Wildman–Crippen MR) is 137 cm³/mol. The van der Waals surface area contributed by atoms with Gasteiger partial charge in [-0.05, 0) is 46.5 Å². The molecule has 3 aromatic carbocycles. The minimum absolute atomic E-state index is 0.0600. The maximum atomic E-state index is 6.02. The van der Waals surface area contributed by atoms with Crippen molar-refractivity contribution in [2.45, 2.75) is 32.4 Å². The molecule has 0 bridgehead atoms. The van der Waals surface area contributed by atoms with E-state index in [1.165, 1.54) is 27.9 Å². The van der Waals surface area contributed by atoms with Gasteiger partial charge in [-0.3, -0.25) is 9.80 Å². The van der Waals surface area contributed by atoms with Crippen molar-refractivity contribution in [2.75, 3.05) is 38.6 Å². The Morgan fingerprint density at radius 2 is 1.42 bits per heavy atom. The fraction of sp³-hybridized carbons (Fsp3) is 0.357. The summed E-state index contributed by atoms with van der Waals surface area (Å²) < 4.78 is 5.43. The first-order valence-corrected chi connectivity index (χ1v) is 12.1. The number of nitrogens with zero attached hydrogens (tertiary/aromatic N) is 2. The van der Waals surface area contributed by atoms with Crippen molar-refractivity contribution in [1.82, 2.24) is 9.80 Å². The van der Waals surface area contributed by atoms with Gasteiger partial charge in [-0.2, -0.15) is 0 Å². The van der Waals surface area contributed by atoms with Crippen LogP contribution in [0.1, 0.15) is 36.1 Å². The molecule has 2 aliphatic rings. The quantitative estimate of drug-likeness (QED) is 0.500. The van der Waals surface area contributed by atoms with E-state index in [9.17, 15) is 0 Å². The highest BCUT2D eigenvalue weighted by Gasteiger charge is 2.33. The summed E-state index contributed by atoms with van der Waals surface area (Å²) in [7, 11) is 1.72. The molecular weight excluding hydrogens is 430 g/mol. The summed E-state index contributed by atoms with van der Waals surface area (Å²) in [5, 5.41) is 4.43. The second-order valence-electron chi connectivity index (χ2n) is 9.72. The Morgan fingerprint density at radius 3 is 2.09 bits per heavy atom. The van der Waals surface area contributed by atoms with Crippen molar-refractivity contribution in [3.63, 3.8) is 0 Å². The van der Waals surface area contributed by atoms with Crippen LogP contribution in [0.2, 0.25) is 5.02 Å². The Hall–Kier alpha value is -2.53. The molecule has 0 aliphatic carbocycles. The van der Waals surface area contributed by atoms with Crippen LogP contribution >= 0.6 is 11.6 Å². The lowest BCUT2D eigenvalue weighted by Gasteiger charge is -2.37. The zero-order valence-corrected chi connectivity index (χ0v) is 20.5. The molecule has 5 heteroatoms. The lowest BCUT2D eigenvalue weighted by atomic mass is 9.74. The molecule has 5 rings (SSSR count). The normalized spacial score (nSPS) is 17.7. The summed E-state index contributed by atoms with van der Waals surface area (Å²) in [4.78, 5) is 5.10. The Labute approximate surface area is 202 Å². The Kier molecular flexibility index (Phi) is 6.09. The topological polar surface area (TPSA) is 27.7 Å². The van der Waals surface area contributed by atoms with E-state index in [-0.39, 0.29) is 5.41 Å². The van der Waals surface area contributed by atoms with Crippen LogP contribution in [0.25, 0.3) is 0 Å². The number of hydrogen-bond donors (Lipinski definition) is 1. The first-order valence-electron chi connectivity index (χ1n) is 11.7. The first-order chi connectivity index (χ1) is 15.9. The zero-order chi connectivity index (χ0) is 23.0. The van der Waals surface area contributed by atoms with Crippen LogP contribution in [0.5, 0.6) is 5.75 Å². The number of piperazine rings is 1. The molecule has 0 atom stereocenters. The second-order valence-corrected chi connectivity index (χ2v) is 10.2. The third-order valence-electron chi connectivity index (χ3n) is 7.12. The third-order valence-corrected chi connectivity index (χ3v) is 7.37. The van der Waals surface area contributed by atoms with E-state index in [1.54, 1.807) is 7.11 Å².